The molecule has 2 aromatic rings. The van der Waals surface area contributed by atoms with Gasteiger partial charge < -0.3 is 5.11 Å². The first kappa shape index (κ1) is 16.6. The summed E-state index contributed by atoms with van der Waals surface area (Å²) in [6.07, 6.45) is 0.631. The zero-order valence-corrected chi connectivity index (χ0v) is 14.8. The van der Waals surface area contributed by atoms with Crippen molar-refractivity contribution in [1.82, 2.24) is 0 Å². The lowest BCUT2D eigenvalue weighted by atomic mass is 9.99. The standard InChI is InChI=1S/C18H21BrOS/c1-13(2)10-14-4-3-5-15(11-14)18(20)12-21-17-8-6-16(19)7-9-17/h3-9,11,13,18,20H,10,12H2,1-2H3. The number of thioether (sulfide) groups is 1. The molecule has 0 heterocycles. The van der Waals surface area contributed by atoms with Gasteiger partial charge in [-0.05, 0) is 47.7 Å². The van der Waals surface area contributed by atoms with E-state index >= 15 is 0 Å². The van der Waals surface area contributed by atoms with Crippen LogP contribution in [0.25, 0.3) is 0 Å². The van der Waals surface area contributed by atoms with Gasteiger partial charge >= 0.3 is 0 Å². The normalized spacial score (nSPS) is 12.6. The quantitative estimate of drug-likeness (QED) is 0.685. The van der Waals surface area contributed by atoms with Crippen LogP contribution in [-0.2, 0) is 6.42 Å². The average Bonchev–Trinajstić information content (AvgIpc) is 2.46. The molecule has 0 amide bonds. The molecule has 0 aromatic heterocycles. The van der Waals surface area contributed by atoms with E-state index in [1.165, 1.54) is 10.5 Å². The van der Waals surface area contributed by atoms with Crippen molar-refractivity contribution in [2.75, 3.05) is 5.75 Å². The lowest BCUT2D eigenvalue weighted by molar-refractivity contribution is 0.204. The lowest BCUT2D eigenvalue weighted by Gasteiger charge is -2.13. The Morgan fingerprint density at radius 2 is 1.81 bits per heavy atom. The molecule has 1 N–H and O–H groups in total. The molecular formula is C18H21BrOS. The maximum atomic E-state index is 10.4. The van der Waals surface area contributed by atoms with Crippen LogP contribution in [0.3, 0.4) is 0 Å². The van der Waals surface area contributed by atoms with Crippen LogP contribution >= 0.6 is 27.7 Å². The van der Waals surface area contributed by atoms with Crippen molar-refractivity contribution in [2.24, 2.45) is 5.92 Å². The van der Waals surface area contributed by atoms with E-state index in [0.29, 0.717) is 11.7 Å². The second-order valence-corrected chi connectivity index (χ2v) is 7.63. The van der Waals surface area contributed by atoms with E-state index in [0.717, 1.165) is 16.5 Å². The average molecular weight is 365 g/mol. The van der Waals surface area contributed by atoms with Crippen molar-refractivity contribution in [3.63, 3.8) is 0 Å². The zero-order chi connectivity index (χ0) is 15.2. The van der Waals surface area contributed by atoms with E-state index < -0.39 is 6.10 Å². The Bertz CT molecular complexity index is 566. The van der Waals surface area contributed by atoms with Crippen LogP contribution in [0.15, 0.2) is 57.9 Å². The predicted molar refractivity (Wildman–Crippen MR) is 94.8 cm³/mol. The Morgan fingerprint density at radius 1 is 1.10 bits per heavy atom. The van der Waals surface area contributed by atoms with Crippen molar-refractivity contribution in [1.29, 1.82) is 0 Å². The van der Waals surface area contributed by atoms with Crippen LogP contribution in [0, 0.1) is 5.92 Å². The van der Waals surface area contributed by atoms with E-state index in [1.807, 2.05) is 24.3 Å². The molecule has 0 saturated carbocycles. The van der Waals surface area contributed by atoms with Gasteiger partial charge in [-0.3, -0.25) is 0 Å². The highest BCUT2D eigenvalue weighted by Crippen LogP contribution is 2.26. The fourth-order valence-corrected chi connectivity index (χ4v) is 3.34. The van der Waals surface area contributed by atoms with Gasteiger partial charge in [-0.2, -0.15) is 0 Å². The van der Waals surface area contributed by atoms with E-state index in [-0.39, 0.29) is 0 Å². The van der Waals surface area contributed by atoms with Crippen LogP contribution in [0.5, 0.6) is 0 Å². The number of hydrogen-bond donors (Lipinski definition) is 1. The Morgan fingerprint density at radius 3 is 2.48 bits per heavy atom. The minimum absolute atomic E-state index is 0.425. The van der Waals surface area contributed by atoms with E-state index in [1.54, 1.807) is 11.8 Å². The molecule has 21 heavy (non-hydrogen) atoms. The summed E-state index contributed by atoms with van der Waals surface area (Å²) in [7, 11) is 0. The van der Waals surface area contributed by atoms with Gasteiger partial charge in [0.25, 0.3) is 0 Å². The molecule has 0 bridgehead atoms. The highest BCUT2D eigenvalue weighted by Gasteiger charge is 2.09. The van der Waals surface area contributed by atoms with Gasteiger partial charge in [-0.25, -0.2) is 0 Å². The summed E-state index contributed by atoms with van der Waals surface area (Å²) in [5.74, 6) is 1.31. The summed E-state index contributed by atoms with van der Waals surface area (Å²) in [6.45, 7) is 4.43. The van der Waals surface area contributed by atoms with Crippen molar-refractivity contribution >= 4 is 27.7 Å². The number of rotatable bonds is 6. The summed E-state index contributed by atoms with van der Waals surface area (Å²) in [5.41, 5.74) is 2.31. The first-order valence-electron chi connectivity index (χ1n) is 7.20. The molecule has 1 atom stereocenters. The fourth-order valence-electron chi connectivity index (χ4n) is 2.20. The van der Waals surface area contributed by atoms with Crippen molar-refractivity contribution in [2.45, 2.75) is 31.3 Å². The third-order valence-electron chi connectivity index (χ3n) is 3.20. The van der Waals surface area contributed by atoms with Crippen LogP contribution in [0.2, 0.25) is 0 Å². The molecule has 2 aromatic carbocycles. The molecule has 0 aliphatic rings. The Labute approximate surface area is 139 Å². The number of aliphatic hydroxyl groups is 1. The largest absolute Gasteiger partial charge is 0.388 e. The number of hydrogen-bond acceptors (Lipinski definition) is 2. The molecular weight excluding hydrogens is 344 g/mol. The monoisotopic (exact) mass is 364 g/mol. The summed E-state index contributed by atoms with van der Waals surface area (Å²) in [4.78, 5) is 1.18. The SMILES string of the molecule is CC(C)Cc1cccc(C(O)CSc2ccc(Br)cc2)c1. The summed E-state index contributed by atoms with van der Waals surface area (Å²) >= 11 is 5.11. The van der Waals surface area contributed by atoms with Gasteiger partial charge in [-0.15, -0.1) is 11.8 Å². The van der Waals surface area contributed by atoms with Gasteiger partial charge in [0, 0.05) is 15.1 Å². The molecule has 112 valence electrons. The molecule has 0 saturated heterocycles. The molecule has 1 nitrogen and oxygen atoms in total. The van der Waals surface area contributed by atoms with Crippen LogP contribution < -0.4 is 0 Å². The van der Waals surface area contributed by atoms with E-state index in [9.17, 15) is 5.11 Å². The molecule has 2 rings (SSSR count). The van der Waals surface area contributed by atoms with E-state index in [2.05, 4.69) is 54.0 Å². The smallest absolute Gasteiger partial charge is 0.0884 e. The molecule has 0 radical (unpaired) electrons. The van der Waals surface area contributed by atoms with Gasteiger partial charge in [0.05, 0.1) is 6.10 Å². The maximum Gasteiger partial charge on any atom is 0.0884 e. The van der Waals surface area contributed by atoms with Crippen molar-refractivity contribution in [3.8, 4) is 0 Å². The second-order valence-electron chi connectivity index (χ2n) is 5.62. The predicted octanol–water partition coefficient (Wildman–Crippen LogP) is 5.47. The summed E-state index contributed by atoms with van der Waals surface area (Å²) < 4.78 is 1.08. The minimum atomic E-state index is -0.425. The highest BCUT2D eigenvalue weighted by molar-refractivity contribution is 9.10. The lowest BCUT2D eigenvalue weighted by Crippen LogP contribution is -2.02. The minimum Gasteiger partial charge on any atom is -0.388 e. The maximum absolute atomic E-state index is 10.4. The summed E-state index contributed by atoms with van der Waals surface area (Å²) in [6, 6.07) is 16.5. The third kappa shape index (κ3) is 5.50. The molecule has 0 spiro atoms. The summed E-state index contributed by atoms with van der Waals surface area (Å²) in [5, 5.41) is 10.4. The molecule has 0 fully saturated rings. The topological polar surface area (TPSA) is 20.2 Å². The van der Waals surface area contributed by atoms with Crippen molar-refractivity contribution < 1.29 is 5.11 Å². The van der Waals surface area contributed by atoms with Gasteiger partial charge in [0.2, 0.25) is 0 Å². The van der Waals surface area contributed by atoms with Crippen LogP contribution in [0.4, 0.5) is 0 Å². The first-order chi connectivity index (χ1) is 10.0. The third-order valence-corrected chi connectivity index (χ3v) is 4.82. The van der Waals surface area contributed by atoms with Crippen LogP contribution in [0.1, 0.15) is 31.1 Å². The molecule has 1 unspecified atom stereocenters. The molecule has 3 heteroatoms. The molecule has 0 aliphatic heterocycles. The van der Waals surface area contributed by atoms with Gasteiger partial charge in [0.1, 0.15) is 0 Å². The second kappa shape index (κ2) is 8.02. The number of halogens is 1. The van der Waals surface area contributed by atoms with E-state index in [4.69, 9.17) is 0 Å². The number of aliphatic hydroxyl groups excluding tert-OH is 1. The molecule has 0 aliphatic carbocycles. The Kier molecular flexibility index (Phi) is 6.34. The van der Waals surface area contributed by atoms with Crippen LogP contribution in [-0.4, -0.2) is 10.9 Å². The zero-order valence-electron chi connectivity index (χ0n) is 12.4. The van der Waals surface area contributed by atoms with Gasteiger partial charge in [0.15, 0.2) is 0 Å². The first-order valence-corrected chi connectivity index (χ1v) is 8.97. The Hall–Kier alpha value is -0.770. The van der Waals surface area contributed by atoms with Crippen molar-refractivity contribution in [3.05, 3.63) is 64.1 Å². The fraction of sp³-hybridized carbons (Fsp3) is 0.333. The van der Waals surface area contributed by atoms with Gasteiger partial charge in [-0.1, -0.05) is 54.0 Å². The highest BCUT2D eigenvalue weighted by atomic mass is 79.9. The number of benzene rings is 2. The Balaban J connectivity index is 1.96.